The minimum atomic E-state index is -3.52. The van der Waals surface area contributed by atoms with Gasteiger partial charge in [0, 0.05) is 19.6 Å². The van der Waals surface area contributed by atoms with Crippen LogP contribution in [0, 0.1) is 0 Å². The van der Waals surface area contributed by atoms with Crippen LogP contribution < -0.4 is 10.2 Å². The second kappa shape index (κ2) is 8.78. The van der Waals surface area contributed by atoms with E-state index in [9.17, 15) is 13.2 Å². The van der Waals surface area contributed by atoms with Crippen molar-refractivity contribution >= 4 is 27.3 Å². The largest absolute Gasteiger partial charge is 0.370 e. The van der Waals surface area contributed by atoms with Crippen LogP contribution >= 0.6 is 0 Å². The van der Waals surface area contributed by atoms with Crippen LogP contribution in [0.1, 0.15) is 37.3 Å². The Morgan fingerprint density at radius 2 is 1.67 bits per heavy atom. The zero-order valence-corrected chi connectivity index (χ0v) is 18.2. The second-order valence-corrected chi connectivity index (χ2v) is 10.2. The third-order valence-electron chi connectivity index (χ3n) is 6.09. The maximum atomic E-state index is 13.3. The third-order valence-corrected chi connectivity index (χ3v) is 7.92. The lowest BCUT2D eigenvalue weighted by Crippen LogP contribution is -2.51. The van der Waals surface area contributed by atoms with Crippen LogP contribution in [0.15, 0.2) is 48.5 Å². The Bertz CT molecular complexity index is 1020. The second-order valence-electron chi connectivity index (χ2n) is 7.99. The highest BCUT2D eigenvalue weighted by molar-refractivity contribution is 7.89. The Hall–Kier alpha value is -2.38. The summed E-state index contributed by atoms with van der Waals surface area (Å²) in [6, 6.07) is 14.8. The van der Waals surface area contributed by atoms with E-state index in [-0.39, 0.29) is 18.2 Å². The fraction of sp³-hybridized carbons (Fsp3) is 0.435. The fourth-order valence-electron chi connectivity index (χ4n) is 4.39. The molecule has 1 atom stereocenters. The zero-order chi connectivity index (χ0) is 21.1. The molecule has 2 aliphatic rings. The first-order valence-electron chi connectivity index (χ1n) is 10.7. The van der Waals surface area contributed by atoms with E-state index in [0.29, 0.717) is 6.42 Å². The first-order chi connectivity index (χ1) is 14.5. The highest BCUT2D eigenvalue weighted by Gasteiger charge is 2.38. The van der Waals surface area contributed by atoms with Crippen LogP contribution in [0.5, 0.6) is 0 Å². The van der Waals surface area contributed by atoms with Gasteiger partial charge in [-0.1, -0.05) is 36.4 Å². The van der Waals surface area contributed by atoms with Crippen LogP contribution in [-0.2, 0) is 27.8 Å². The van der Waals surface area contributed by atoms with Crippen molar-refractivity contribution in [2.24, 2.45) is 0 Å². The number of nitrogens with one attached hydrogen (secondary N) is 1. The summed E-state index contributed by atoms with van der Waals surface area (Å²) in [5.74, 6) is -0.297. The van der Waals surface area contributed by atoms with Crippen LogP contribution in [0.4, 0.5) is 11.4 Å². The number of carbonyl (C=O) groups excluding carboxylic acids is 1. The molecular weight excluding hydrogens is 398 g/mol. The molecule has 4 rings (SSSR count). The molecule has 1 saturated heterocycles. The Kier molecular flexibility index (Phi) is 6.11. The van der Waals surface area contributed by atoms with Gasteiger partial charge in [0.1, 0.15) is 6.04 Å². The molecule has 2 heterocycles. The van der Waals surface area contributed by atoms with Crippen molar-refractivity contribution in [3.63, 3.8) is 0 Å². The number of para-hydroxylation sites is 2. The lowest BCUT2D eigenvalue weighted by molar-refractivity contribution is -0.120. The van der Waals surface area contributed by atoms with Gasteiger partial charge in [-0.15, -0.1) is 0 Å². The third kappa shape index (κ3) is 4.23. The molecule has 0 saturated carbocycles. The van der Waals surface area contributed by atoms with E-state index < -0.39 is 16.1 Å². The normalized spacial score (nSPS) is 19.9. The number of rotatable bonds is 5. The molecule has 30 heavy (non-hydrogen) atoms. The Morgan fingerprint density at radius 1 is 1.00 bits per heavy atom. The molecule has 1 N–H and O–H groups in total. The summed E-state index contributed by atoms with van der Waals surface area (Å²) in [4.78, 5) is 15.7. The van der Waals surface area contributed by atoms with E-state index in [1.165, 1.54) is 10.7 Å². The van der Waals surface area contributed by atoms with Gasteiger partial charge < -0.3 is 10.2 Å². The molecule has 6 nitrogen and oxygen atoms in total. The van der Waals surface area contributed by atoms with Gasteiger partial charge >= 0.3 is 0 Å². The number of hydrogen-bond donors (Lipinski definition) is 1. The minimum Gasteiger partial charge on any atom is -0.370 e. The maximum Gasteiger partial charge on any atom is 0.243 e. The van der Waals surface area contributed by atoms with E-state index >= 15 is 0 Å². The van der Waals surface area contributed by atoms with Gasteiger partial charge in [0.05, 0.1) is 17.1 Å². The van der Waals surface area contributed by atoms with Crippen molar-refractivity contribution in [2.45, 2.75) is 45.2 Å². The van der Waals surface area contributed by atoms with Gasteiger partial charge in [0.2, 0.25) is 15.9 Å². The van der Waals surface area contributed by atoms with Gasteiger partial charge in [-0.25, -0.2) is 8.42 Å². The van der Waals surface area contributed by atoms with E-state index in [1.54, 1.807) is 6.92 Å². The summed E-state index contributed by atoms with van der Waals surface area (Å²) in [5.41, 5.74) is 3.75. The van der Waals surface area contributed by atoms with Gasteiger partial charge in [-0.05, 0) is 55.9 Å². The average Bonchev–Trinajstić information content (AvgIpc) is 2.79. The van der Waals surface area contributed by atoms with Crippen molar-refractivity contribution in [3.05, 3.63) is 59.7 Å². The highest BCUT2D eigenvalue weighted by atomic mass is 32.2. The van der Waals surface area contributed by atoms with Gasteiger partial charge in [-0.3, -0.25) is 4.79 Å². The number of amides is 1. The fourth-order valence-corrected chi connectivity index (χ4v) is 5.61. The molecule has 0 radical (unpaired) electrons. The molecule has 1 amide bonds. The SMILES string of the molecule is CCS(=O)(=O)N1Cc2ccccc2CC1C(=O)Nc1ccccc1N1CCCCC1. The topological polar surface area (TPSA) is 69.7 Å². The number of benzene rings is 2. The van der Waals surface area contributed by atoms with E-state index in [0.717, 1.165) is 48.4 Å². The molecule has 0 bridgehead atoms. The monoisotopic (exact) mass is 427 g/mol. The number of carbonyl (C=O) groups is 1. The first-order valence-corrected chi connectivity index (χ1v) is 12.3. The Balaban J connectivity index is 1.62. The zero-order valence-electron chi connectivity index (χ0n) is 17.4. The molecule has 1 unspecified atom stereocenters. The summed E-state index contributed by atoms with van der Waals surface area (Å²) in [5, 5.41) is 3.05. The smallest absolute Gasteiger partial charge is 0.243 e. The molecular formula is C23H29N3O3S. The van der Waals surface area contributed by atoms with Crippen LogP contribution in [0.2, 0.25) is 0 Å². The number of anilines is 2. The Labute approximate surface area is 178 Å². The van der Waals surface area contributed by atoms with Crippen molar-refractivity contribution < 1.29 is 13.2 Å². The van der Waals surface area contributed by atoms with E-state index in [2.05, 4.69) is 10.2 Å². The average molecular weight is 428 g/mol. The predicted molar refractivity (Wildman–Crippen MR) is 120 cm³/mol. The van der Waals surface area contributed by atoms with Gasteiger partial charge in [0.25, 0.3) is 0 Å². The van der Waals surface area contributed by atoms with Crippen molar-refractivity contribution in [1.29, 1.82) is 0 Å². The molecule has 2 aromatic carbocycles. The number of hydrogen-bond acceptors (Lipinski definition) is 4. The highest BCUT2D eigenvalue weighted by Crippen LogP contribution is 2.31. The molecule has 7 heteroatoms. The van der Waals surface area contributed by atoms with Crippen LogP contribution in [-0.4, -0.2) is 43.5 Å². The van der Waals surface area contributed by atoms with Crippen molar-refractivity contribution in [3.8, 4) is 0 Å². The summed E-state index contributed by atoms with van der Waals surface area (Å²) in [7, 11) is -3.52. The van der Waals surface area contributed by atoms with Crippen LogP contribution in [0.3, 0.4) is 0 Å². The Morgan fingerprint density at radius 3 is 2.40 bits per heavy atom. The molecule has 2 aromatic rings. The number of fused-ring (bicyclic) bond motifs is 1. The summed E-state index contributed by atoms with van der Waals surface area (Å²) >= 11 is 0. The van der Waals surface area contributed by atoms with Gasteiger partial charge in [0.15, 0.2) is 0 Å². The lowest BCUT2D eigenvalue weighted by atomic mass is 9.95. The molecule has 2 aliphatic heterocycles. The standard InChI is InChI=1S/C23H29N3O3S/c1-2-30(28,29)26-17-19-11-5-4-10-18(19)16-22(26)23(27)24-20-12-6-7-13-21(20)25-14-8-3-9-15-25/h4-7,10-13,22H,2-3,8-9,14-17H2,1H3,(H,24,27). The first kappa shape index (κ1) is 20.9. The minimum absolute atomic E-state index is 0.0245. The molecule has 0 spiro atoms. The summed E-state index contributed by atoms with van der Waals surface area (Å²) < 4.78 is 26.9. The molecule has 0 aliphatic carbocycles. The van der Waals surface area contributed by atoms with E-state index in [4.69, 9.17) is 0 Å². The van der Waals surface area contributed by atoms with Gasteiger partial charge in [-0.2, -0.15) is 4.31 Å². The van der Waals surface area contributed by atoms with Crippen molar-refractivity contribution in [2.75, 3.05) is 29.1 Å². The number of piperidine rings is 1. The summed E-state index contributed by atoms with van der Waals surface area (Å²) in [6.45, 7) is 3.80. The number of nitrogens with zero attached hydrogens (tertiary/aromatic N) is 2. The predicted octanol–water partition coefficient (Wildman–Crippen LogP) is 3.39. The molecule has 160 valence electrons. The lowest BCUT2D eigenvalue weighted by Gasteiger charge is -2.35. The van der Waals surface area contributed by atoms with Crippen molar-refractivity contribution in [1.82, 2.24) is 4.31 Å². The summed E-state index contributed by atoms with van der Waals surface area (Å²) in [6.07, 6.45) is 3.90. The molecule has 0 aromatic heterocycles. The quantitative estimate of drug-likeness (QED) is 0.794. The maximum absolute atomic E-state index is 13.3. The van der Waals surface area contributed by atoms with E-state index in [1.807, 2.05) is 48.5 Å². The number of sulfonamides is 1. The molecule has 1 fully saturated rings. The van der Waals surface area contributed by atoms with Crippen LogP contribution in [0.25, 0.3) is 0 Å².